The fourth-order valence-corrected chi connectivity index (χ4v) is 0.790. The monoisotopic (exact) mass is 184 g/mol. The van der Waals surface area contributed by atoms with Gasteiger partial charge in [0.25, 0.3) is 0 Å². The number of nitrogens with two attached hydrogens (primary N) is 1. The van der Waals surface area contributed by atoms with E-state index >= 15 is 0 Å². The molecule has 0 aliphatic carbocycles. The molecule has 0 spiro atoms. The SMILES string of the molecule is CC(C)C(C)CNc1nnc(N)o1. The zero-order valence-corrected chi connectivity index (χ0v) is 8.24. The van der Waals surface area contributed by atoms with Crippen molar-refractivity contribution in [3.05, 3.63) is 0 Å². The Morgan fingerprint density at radius 3 is 2.54 bits per heavy atom. The molecular weight excluding hydrogens is 168 g/mol. The molecule has 0 saturated heterocycles. The number of hydrogen-bond donors (Lipinski definition) is 2. The van der Waals surface area contributed by atoms with E-state index in [9.17, 15) is 0 Å². The molecule has 0 fully saturated rings. The highest BCUT2D eigenvalue weighted by Gasteiger charge is 2.08. The molecule has 1 rings (SSSR count). The van der Waals surface area contributed by atoms with Gasteiger partial charge in [-0.25, -0.2) is 0 Å². The second-order valence-corrected chi connectivity index (χ2v) is 3.55. The average molecular weight is 184 g/mol. The van der Waals surface area contributed by atoms with E-state index in [0.29, 0.717) is 17.9 Å². The molecule has 1 unspecified atom stereocenters. The molecule has 1 heterocycles. The van der Waals surface area contributed by atoms with Crippen LogP contribution < -0.4 is 11.1 Å². The second-order valence-electron chi connectivity index (χ2n) is 3.55. The largest absolute Gasteiger partial charge is 0.390 e. The Morgan fingerprint density at radius 1 is 1.38 bits per heavy atom. The number of nitrogens with one attached hydrogen (secondary N) is 1. The maximum atomic E-state index is 5.26. The first-order valence-corrected chi connectivity index (χ1v) is 4.42. The van der Waals surface area contributed by atoms with Gasteiger partial charge in [0.15, 0.2) is 0 Å². The Kier molecular flexibility index (Phi) is 3.11. The van der Waals surface area contributed by atoms with Crippen molar-refractivity contribution in [2.75, 3.05) is 17.6 Å². The van der Waals surface area contributed by atoms with Gasteiger partial charge in [-0.05, 0) is 11.8 Å². The molecular formula is C8H16N4O. The smallest absolute Gasteiger partial charge is 0.316 e. The summed E-state index contributed by atoms with van der Waals surface area (Å²) in [5.74, 6) is 1.20. The van der Waals surface area contributed by atoms with Crippen LogP contribution in [0.25, 0.3) is 0 Å². The van der Waals surface area contributed by atoms with Gasteiger partial charge in [-0.1, -0.05) is 31.0 Å². The van der Waals surface area contributed by atoms with Crippen LogP contribution >= 0.6 is 0 Å². The van der Waals surface area contributed by atoms with Crippen LogP contribution in [0.3, 0.4) is 0 Å². The van der Waals surface area contributed by atoms with E-state index in [4.69, 9.17) is 10.2 Å². The average Bonchev–Trinajstić information content (AvgIpc) is 2.47. The summed E-state index contributed by atoms with van der Waals surface area (Å²) in [4.78, 5) is 0. The molecule has 0 aliphatic rings. The quantitative estimate of drug-likeness (QED) is 0.738. The number of anilines is 2. The Balaban J connectivity index is 2.35. The zero-order chi connectivity index (χ0) is 9.84. The molecule has 74 valence electrons. The van der Waals surface area contributed by atoms with Crippen molar-refractivity contribution >= 4 is 12.0 Å². The number of nitrogen functional groups attached to an aromatic ring is 1. The minimum Gasteiger partial charge on any atom is -0.390 e. The lowest BCUT2D eigenvalue weighted by Crippen LogP contribution is -2.16. The third kappa shape index (κ3) is 2.93. The first-order valence-electron chi connectivity index (χ1n) is 4.42. The van der Waals surface area contributed by atoms with Crippen molar-refractivity contribution in [2.24, 2.45) is 11.8 Å². The molecule has 0 aromatic carbocycles. The van der Waals surface area contributed by atoms with Crippen LogP contribution in [0.15, 0.2) is 4.42 Å². The fraction of sp³-hybridized carbons (Fsp3) is 0.750. The number of aromatic nitrogens is 2. The van der Waals surface area contributed by atoms with Crippen molar-refractivity contribution in [2.45, 2.75) is 20.8 Å². The molecule has 0 bridgehead atoms. The zero-order valence-electron chi connectivity index (χ0n) is 8.24. The molecule has 5 nitrogen and oxygen atoms in total. The van der Waals surface area contributed by atoms with Gasteiger partial charge in [0.1, 0.15) is 0 Å². The van der Waals surface area contributed by atoms with E-state index in [2.05, 4.69) is 36.3 Å². The Hall–Kier alpha value is -1.26. The van der Waals surface area contributed by atoms with Crippen molar-refractivity contribution in [3.8, 4) is 0 Å². The van der Waals surface area contributed by atoms with E-state index in [1.165, 1.54) is 0 Å². The van der Waals surface area contributed by atoms with Gasteiger partial charge in [-0.3, -0.25) is 0 Å². The molecule has 0 radical (unpaired) electrons. The van der Waals surface area contributed by atoms with Crippen LogP contribution in [0.4, 0.5) is 12.0 Å². The van der Waals surface area contributed by atoms with E-state index in [1.807, 2.05) is 0 Å². The highest BCUT2D eigenvalue weighted by molar-refractivity contribution is 5.22. The summed E-state index contributed by atoms with van der Waals surface area (Å²) >= 11 is 0. The highest BCUT2D eigenvalue weighted by Crippen LogP contribution is 2.11. The molecule has 0 aliphatic heterocycles. The highest BCUT2D eigenvalue weighted by atomic mass is 16.4. The summed E-state index contributed by atoms with van der Waals surface area (Å²) in [5.41, 5.74) is 5.26. The molecule has 0 amide bonds. The Labute approximate surface area is 77.7 Å². The molecule has 1 atom stereocenters. The third-order valence-electron chi connectivity index (χ3n) is 2.15. The molecule has 1 aromatic rings. The van der Waals surface area contributed by atoms with Gasteiger partial charge in [-0.15, -0.1) is 0 Å². The number of nitrogens with zero attached hydrogens (tertiary/aromatic N) is 2. The lowest BCUT2D eigenvalue weighted by Gasteiger charge is -2.14. The van der Waals surface area contributed by atoms with Gasteiger partial charge in [-0.2, -0.15) is 0 Å². The third-order valence-corrected chi connectivity index (χ3v) is 2.15. The second kappa shape index (κ2) is 4.11. The molecule has 1 aromatic heterocycles. The molecule has 5 heteroatoms. The van der Waals surface area contributed by atoms with E-state index in [0.717, 1.165) is 6.54 Å². The molecule has 0 saturated carbocycles. The summed E-state index contributed by atoms with van der Waals surface area (Å²) in [6.45, 7) is 7.33. The summed E-state index contributed by atoms with van der Waals surface area (Å²) in [5, 5.41) is 10.3. The number of rotatable bonds is 4. The van der Waals surface area contributed by atoms with Crippen molar-refractivity contribution < 1.29 is 4.42 Å². The summed E-state index contributed by atoms with van der Waals surface area (Å²) in [6, 6.07) is 0.490. The van der Waals surface area contributed by atoms with Crippen LogP contribution in [-0.2, 0) is 0 Å². The van der Waals surface area contributed by atoms with Gasteiger partial charge in [0.2, 0.25) is 0 Å². The van der Waals surface area contributed by atoms with Crippen LogP contribution in [-0.4, -0.2) is 16.7 Å². The van der Waals surface area contributed by atoms with Crippen molar-refractivity contribution in [1.29, 1.82) is 0 Å². The minimum absolute atomic E-state index is 0.0969. The normalized spacial score (nSPS) is 13.2. The lowest BCUT2D eigenvalue weighted by atomic mass is 9.98. The first kappa shape index (κ1) is 9.83. The Morgan fingerprint density at radius 2 is 2.08 bits per heavy atom. The van der Waals surface area contributed by atoms with Gasteiger partial charge >= 0.3 is 12.0 Å². The number of hydrogen-bond acceptors (Lipinski definition) is 5. The first-order chi connectivity index (χ1) is 6.09. The van der Waals surface area contributed by atoms with E-state index in [1.54, 1.807) is 0 Å². The standard InChI is InChI=1S/C8H16N4O/c1-5(2)6(3)4-10-8-12-11-7(9)13-8/h5-6H,4H2,1-3H3,(H2,9,11)(H,10,12). The molecule has 3 N–H and O–H groups in total. The van der Waals surface area contributed by atoms with Crippen LogP contribution in [0.5, 0.6) is 0 Å². The minimum atomic E-state index is 0.0969. The maximum Gasteiger partial charge on any atom is 0.316 e. The molecule has 13 heavy (non-hydrogen) atoms. The van der Waals surface area contributed by atoms with Crippen LogP contribution in [0.1, 0.15) is 20.8 Å². The van der Waals surface area contributed by atoms with Gasteiger partial charge in [0.05, 0.1) is 0 Å². The van der Waals surface area contributed by atoms with Gasteiger partial charge in [0, 0.05) is 6.54 Å². The summed E-state index contributed by atoms with van der Waals surface area (Å²) < 4.78 is 4.96. The van der Waals surface area contributed by atoms with Crippen molar-refractivity contribution in [3.63, 3.8) is 0 Å². The summed E-state index contributed by atoms with van der Waals surface area (Å²) in [6.07, 6.45) is 0. The van der Waals surface area contributed by atoms with E-state index in [-0.39, 0.29) is 6.01 Å². The predicted octanol–water partition coefficient (Wildman–Crippen LogP) is 1.36. The van der Waals surface area contributed by atoms with Crippen LogP contribution in [0.2, 0.25) is 0 Å². The summed E-state index contributed by atoms with van der Waals surface area (Å²) in [7, 11) is 0. The van der Waals surface area contributed by atoms with Crippen LogP contribution in [0, 0.1) is 11.8 Å². The topological polar surface area (TPSA) is 77.0 Å². The Bertz CT molecular complexity index is 258. The van der Waals surface area contributed by atoms with Gasteiger partial charge < -0.3 is 15.5 Å². The predicted molar refractivity (Wildman–Crippen MR) is 51.2 cm³/mol. The van der Waals surface area contributed by atoms with Crippen molar-refractivity contribution in [1.82, 2.24) is 10.2 Å². The lowest BCUT2D eigenvalue weighted by molar-refractivity contribution is 0.434. The van der Waals surface area contributed by atoms with E-state index < -0.39 is 0 Å². The maximum absolute atomic E-state index is 5.26. The fourth-order valence-electron chi connectivity index (χ4n) is 0.790.